The zero-order valence-electron chi connectivity index (χ0n) is 14.1. The highest BCUT2D eigenvalue weighted by molar-refractivity contribution is 7.15. The van der Waals surface area contributed by atoms with Crippen LogP contribution in [0.3, 0.4) is 0 Å². The van der Waals surface area contributed by atoms with Gasteiger partial charge in [0.1, 0.15) is 0 Å². The number of hydrogen-bond donors (Lipinski definition) is 1. The lowest BCUT2D eigenvalue weighted by atomic mass is 9.81. The molecule has 3 amide bonds. The summed E-state index contributed by atoms with van der Waals surface area (Å²) < 4.78 is 0. The molecule has 24 heavy (non-hydrogen) atoms. The Kier molecular flexibility index (Phi) is 4.99. The number of likely N-dealkylation sites (tertiary alicyclic amines) is 1. The fourth-order valence-corrected chi connectivity index (χ4v) is 4.57. The predicted octanol–water partition coefficient (Wildman–Crippen LogP) is 2.52. The van der Waals surface area contributed by atoms with Gasteiger partial charge in [0, 0.05) is 17.8 Å². The standard InChI is InChI=1S/C17H23N3O3S/c1-3-13-10(2)24-17(18-13)19-14(21)8-9-20-15(22)11-6-4-5-7-12(11)16(20)23/h11-12H,3-9H2,1-2H3,(H,18,19,21)/t11-,12-/m0/s1. The second kappa shape index (κ2) is 7.01. The molecule has 1 N–H and O–H groups in total. The molecular formula is C17H23N3O3S. The van der Waals surface area contributed by atoms with E-state index in [0.717, 1.165) is 42.7 Å². The van der Waals surface area contributed by atoms with E-state index in [2.05, 4.69) is 10.3 Å². The molecule has 1 aromatic heterocycles. The van der Waals surface area contributed by atoms with Crippen LogP contribution in [0.15, 0.2) is 0 Å². The quantitative estimate of drug-likeness (QED) is 0.829. The number of imide groups is 1. The fraction of sp³-hybridized carbons (Fsp3) is 0.647. The van der Waals surface area contributed by atoms with Crippen LogP contribution in [0.25, 0.3) is 0 Å². The molecule has 0 spiro atoms. The highest BCUT2D eigenvalue weighted by Gasteiger charge is 2.47. The van der Waals surface area contributed by atoms with Gasteiger partial charge in [-0.05, 0) is 26.2 Å². The number of nitrogens with zero attached hydrogens (tertiary/aromatic N) is 2. The van der Waals surface area contributed by atoms with Crippen LogP contribution in [0, 0.1) is 18.8 Å². The summed E-state index contributed by atoms with van der Waals surface area (Å²) in [5, 5.41) is 3.36. The van der Waals surface area contributed by atoms with Gasteiger partial charge in [-0.3, -0.25) is 19.3 Å². The maximum Gasteiger partial charge on any atom is 0.233 e. The Labute approximate surface area is 145 Å². The Hall–Kier alpha value is -1.76. The average Bonchev–Trinajstić information content (AvgIpc) is 3.04. The summed E-state index contributed by atoms with van der Waals surface area (Å²) in [5.41, 5.74) is 0.990. The van der Waals surface area contributed by atoms with Crippen molar-refractivity contribution in [2.24, 2.45) is 11.8 Å². The van der Waals surface area contributed by atoms with Crippen molar-refractivity contribution in [1.29, 1.82) is 0 Å². The highest BCUT2D eigenvalue weighted by atomic mass is 32.1. The van der Waals surface area contributed by atoms with Crippen molar-refractivity contribution in [2.75, 3.05) is 11.9 Å². The summed E-state index contributed by atoms with van der Waals surface area (Å²) in [6, 6.07) is 0. The number of anilines is 1. The maximum absolute atomic E-state index is 12.4. The second-order valence-electron chi connectivity index (χ2n) is 6.50. The van der Waals surface area contributed by atoms with Crippen molar-refractivity contribution in [3.63, 3.8) is 0 Å². The van der Waals surface area contributed by atoms with Crippen LogP contribution in [-0.2, 0) is 20.8 Å². The molecule has 2 aliphatic rings. The average molecular weight is 349 g/mol. The molecule has 0 unspecified atom stereocenters. The minimum Gasteiger partial charge on any atom is -0.302 e. The van der Waals surface area contributed by atoms with E-state index < -0.39 is 0 Å². The Morgan fingerprint density at radius 2 is 1.88 bits per heavy atom. The molecule has 130 valence electrons. The zero-order valence-corrected chi connectivity index (χ0v) is 14.9. The first-order valence-electron chi connectivity index (χ1n) is 8.62. The third kappa shape index (κ3) is 3.22. The number of thiazole rings is 1. The normalized spacial score (nSPS) is 23.5. The summed E-state index contributed by atoms with van der Waals surface area (Å²) in [4.78, 5) is 43.6. The van der Waals surface area contributed by atoms with Crippen molar-refractivity contribution < 1.29 is 14.4 Å². The first-order valence-corrected chi connectivity index (χ1v) is 9.44. The third-order valence-electron chi connectivity index (χ3n) is 4.97. The monoisotopic (exact) mass is 349 g/mol. The van der Waals surface area contributed by atoms with Crippen molar-refractivity contribution in [2.45, 2.75) is 52.4 Å². The van der Waals surface area contributed by atoms with Gasteiger partial charge in [-0.1, -0.05) is 19.8 Å². The minimum absolute atomic E-state index is 0.0872. The van der Waals surface area contributed by atoms with Crippen molar-refractivity contribution in [3.8, 4) is 0 Å². The lowest BCUT2D eigenvalue weighted by Gasteiger charge is -2.19. The number of carbonyl (C=O) groups excluding carboxylic acids is 3. The van der Waals surface area contributed by atoms with Crippen LogP contribution < -0.4 is 5.32 Å². The summed E-state index contributed by atoms with van der Waals surface area (Å²) in [7, 11) is 0. The lowest BCUT2D eigenvalue weighted by Crippen LogP contribution is -2.34. The largest absolute Gasteiger partial charge is 0.302 e. The van der Waals surface area contributed by atoms with Gasteiger partial charge in [0.25, 0.3) is 0 Å². The van der Waals surface area contributed by atoms with Crippen LogP contribution in [0.1, 0.15) is 49.6 Å². The van der Waals surface area contributed by atoms with E-state index >= 15 is 0 Å². The van der Waals surface area contributed by atoms with Crippen LogP contribution in [0.4, 0.5) is 5.13 Å². The lowest BCUT2D eigenvalue weighted by molar-refractivity contribution is -0.140. The smallest absolute Gasteiger partial charge is 0.233 e. The van der Waals surface area contributed by atoms with Gasteiger partial charge in [-0.15, -0.1) is 11.3 Å². The number of carbonyl (C=O) groups is 3. The molecule has 2 fully saturated rings. The maximum atomic E-state index is 12.4. The topological polar surface area (TPSA) is 79.4 Å². The highest BCUT2D eigenvalue weighted by Crippen LogP contribution is 2.38. The first-order chi connectivity index (χ1) is 11.5. The summed E-state index contributed by atoms with van der Waals surface area (Å²) in [6.45, 7) is 4.18. The molecule has 0 aromatic carbocycles. The molecule has 1 saturated carbocycles. The van der Waals surface area contributed by atoms with Crippen molar-refractivity contribution in [1.82, 2.24) is 9.88 Å². The predicted molar refractivity (Wildman–Crippen MR) is 91.6 cm³/mol. The van der Waals surface area contributed by atoms with Crippen LogP contribution in [0.5, 0.6) is 0 Å². The van der Waals surface area contributed by atoms with Gasteiger partial charge in [-0.25, -0.2) is 4.98 Å². The van der Waals surface area contributed by atoms with Crippen LogP contribution >= 0.6 is 11.3 Å². The summed E-state index contributed by atoms with van der Waals surface area (Å²) in [6.07, 6.45) is 4.58. The van der Waals surface area contributed by atoms with E-state index in [1.54, 1.807) is 0 Å². The molecule has 0 bridgehead atoms. The van der Waals surface area contributed by atoms with E-state index in [-0.39, 0.29) is 42.5 Å². The Balaban J connectivity index is 1.56. The molecule has 1 aliphatic heterocycles. The Morgan fingerprint density at radius 3 is 2.42 bits per heavy atom. The van der Waals surface area contributed by atoms with Gasteiger partial charge in [0.2, 0.25) is 17.7 Å². The molecule has 2 atom stereocenters. The van der Waals surface area contributed by atoms with Crippen molar-refractivity contribution in [3.05, 3.63) is 10.6 Å². The van der Waals surface area contributed by atoms with Gasteiger partial charge >= 0.3 is 0 Å². The number of hydrogen-bond acceptors (Lipinski definition) is 5. The Morgan fingerprint density at radius 1 is 1.25 bits per heavy atom. The number of aryl methyl sites for hydroxylation is 2. The van der Waals surface area contributed by atoms with Crippen LogP contribution in [-0.4, -0.2) is 34.2 Å². The molecule has 3 rings (SSSR count). The number of aromatic nitrogens is 1. The molecule has 2 heterocycles. The number of nitrogens with one attached hydrogen (secondary N) is 1. The van der Waals surface area contributed by atoms with E-state index in [1.165, 1.54) is 16.2 Å². The van der Waals surface area contributed by atoms with Gasteiger partial charge in [-0.2, -0.15) is 0 Å². The fourth-order valence-electron chi connectivity index (χ4n) is 3.66. The molecule has 1 aromatic rings. The SMILES string of the molecule is CCc1nc(NC(=O)CCN2C(=O)[C@H]3CCCC[C@@H]3C2=O)sc1C. The van der Waals surface area contributed by atoms with E-state index in [0.29, 0.717) is 5.13 Å². The van der Waals surface area contributed by atoms with Crippen molar-refractivity contribution >= 4 is 34.2 Å². The zero-order chi connectivity index (χ0) is 17.3. The molecule has 1 aliphatic carbocycles. The first kappa shape index (κ1) is 17.1. The van der Waals surface area contributed by atoms with E-state index in [1.807, 2.05) is 13.8 Å². The molecule has 0 radical (unpaired) electrons. The molecular weight excluding hydrogens is 326 g/mol. The summed E-state index contributed by atoms with van der Waals surface area (Å²) >= 11 is 1.45. The number of amides is 3. The van der Waals surface area contributed by atoms with Gasteiger partial charge in [0.15, 0.2) is 5.13 Å². The van der Waals surface area contributed by atoms with E-state index in [4.69, 9.17) is 0 Å². The molecule has 6 nitrogen and oxygen atoms in total. The van der Waals surface area contributed by atoms with Gasteiger partial charge in [0.05, 0.1) is 17.5 Å². The Bertz CT molecular complexity index is 646. The summed E-state index contributed by atoms with van der Waals surface area (Å²) in [5.74, 6) is -0.681. The number of rotatable bonds is 5. The number of fused-ring (bicyclic) bond motifs is 1. The van der Waals surface area contributed by atoms with Gasteiger partial charge < -0.3 is 5.32 Å². The third-order valence-corrected chi connectivity index (χ3v) is 5.90. The molecule has 1 saturated heterocycles. The second-order valence-corrected chi connectivity index (χ2v) is 7.70. The van der Waals surface area contributed by atoms with Crippen LogP contribution in [0.2, 0.25) is 0 Å². The minimum atomic E-state index is -0.207. The molecule has 7 heteroatoms. The van der Waals surface area contributed by atoms with E-state index in [9.17, 15) is 14.4 Å².